The Kier molecular flexibility index (Phi) is 6.11. The molecule has 5 nitrogen and oxygen atoms in total. The molecule has 0 N–H and O–H groups in total. The first-order valence-corrected chi connectivity index (χ1v) is 11.9. The van der Waals surface area contributed by atoms with Gasteiger partial charge in [0.05, 0.1) is 16.0 Å². The predicted molar refractivity (Wildman–Crippen MR) is 103 cm³/mol. The van der Waals surface area contributed by atoms with E-state index in [1.165, 1.54) is 0 Å². The van der Waals surface area contributed by atoms with Crippen LogP contribution in [-0.4, -0.2) is 49.4 Å². The average Bonchev–Trinajstić information content (AvgIpc) is 3.17. The normalized spacial score (nSPS) is 22.9. The molecule has 1 aliphatic carbocycles. The number of carbonyl (C=O) groups is 1. The van der Waals surface area contributed by atoms with Gasteiger partial charge in [0.25, 0.3) is 5.91 Å². The number of rotatable bonds is 5. The first kappa shape index (κ1) is 19.2. The molecule has 1 atom stereocenters. The first-order valence-electron chi connectivity index (χ1n) is 8.45. The molecule has 0 spiro atoms. The van der Waals surface area contributed by atoms with Crippen molar-refractivity contribution < 1.29 is 17.9 Å². The summed E-state index contributed by atoms with van der Waals surface area (Å²) in [6.07, 6.45) is 4.61. The fourth-order valence-electron chi connectivity index (χ4n) is 3.69. The topological polar surface area (TPSA) is 63.7 Å². The fraction of sp³-hybridized carbons (Fsp3) is 0.588. The molecule has 25 heavy (non-hydrogen) atoms. The SMILES string of the molecule is O=C(COc1ccc(Br)cc1Br)N(C1CCCC1)C1CCS(=O)(=O)C1. The molecule has 1 aliphatic heterocycles. The Morgan fingerprint density at radius 3 is 2.48 bits per heavy atom. The molecule has 1 amide bonds. The molecule has 8 heteroatoms. The van der Waals surface area contributed by atoms with Crippen LogP contribution in [0.15, 0.2) is 27.1 Å². The molecule has 2 aliphatic rings. The zero-order valence-corrected chi connectivity index (χ0v) is 17.8. The van der Waals surface area contributed by atoms with Crippen LogP contribution in [0, 0.1) is 0 Å². The largest absolute Gasteiger partial charge is 0.483 e. The van der Waals surface area contributed by atoms with E-state index in [2.05, 4.69) is 31.9 Å². The van der Waals surface area contributed by atoms with Gasteiger partial charge in [-0.2, -0.15) is 0 Å². The number of halogens is 2. The van der Waals surface area contributed by atoms with E-state index in [0.29, 0.717) is 12.2 Å². The van der Waals surface area contributed by atoms with E-state index in [1.807, 2.05) is 17.0 Å². The number of ether oxygens (including phenoxy) is 1. The molecule has 1 heterocycles. The Bertz CT molecular complexity index is 747. The van der Waals surface area contributed by atoms with Crippen LogP contribution in [0.3, 0.4) is 0 Å². The average molecular weight is 495 g/mol. The molecule has 1 aromatic rings. The minimum absolute atomic E-state index is 0.0761. The lowest BCUT2D eigenvalue weighted by atomic mass is 10.1. The van der Waals surface area contributed by atoms with E-state index in [4.69, 9.17) is 4.74 Å². The zero-order chi connectivity index (χ0) is 18.0. The summed E-state index contributed by atoms with van der Waals surface area (Å²) in [5, 5.41) is 0. The summed E-state index contributed by atoms with van der Waals surface area (Å²) < 4.78 is 31.1. The van der Waals surface area contributed by atoms with Crippen molar-refractivity contribution in [2.75, 3.05) is 18.1 Å². The molecule has 1 aromatic carbocycles. The van der Waals surface area contributed by atoms with Gasteiger partial charge < -0.3 is 9.64 Å². The van der Waals surface area contributed by atoms with Crippen molar-refractivity contribution in [3.05, 3.63) is 27.1 Å². The minimum atomic E-state index is -3.03. The molecule has 0 bridgehead atoms. The lowest BCUT2D eigenvalue weighted by molar-refractivity contribution is -0.137. The third kappa shape index (κ3) is 4.77. The summed E-state index contributed by atoms with van der Waals surface area (Å²) in [6, 6.07) is 5.43. The smallest absolute Gasteiger partial charge is 0.261 e. The highest BCUT2D eigenvalue weighted by molar-refractivity contribution is 9.11. The summed E-state index contributed by atoms with van der Waals surface area (Å²) in [5.74, 6) is 0.732. The van der Waals surface area contributed by atoms with Crippen LogP contribution in [0.5, 0.6) is 5.75 Å². The standard InChI is InChI=1S/C17H21Br2NO4S/c18-12-5-6-16(15(19)9-12)24-10-17(21)20(13-3-1-2-4-13)14-7-8-25(22,23)11-14/h5-6,9,13-14H,1-4,7-8,10-11H2. The van der Waals surface area contributed by atoms with Crippen molar-refractivity contribution in [3.8, 4) is 5.75 Å². The van der Waals surface area contributed by atoms with Crippen LogP contribution in [0.4, 0.5) is 0 Å². The van der Waals surface area contributed by atoms with Gasteiger partial charge in [-0.25, -0.2) is 8.42 Å². The maximum atomic E-state index is 12.9. The quantitative estimate of drug-likeness (QED) is 0.627. The van der Waals surface area contributed by atoms with Gasteiger partial charge in [-0.1, -0.05) is 28.8 Å². The molecular weight excluding hydrogens is 474 g/mol. The monoisotopic (exact) mass is 493 g/mol. The van der Waals surface area contributed by atoms with E-state index in [-0.39, 0.29) is 36.1 Å². The van der Waals surface area contributed by atoms with Crippen molar-refractivity contribution in [1.29, 1.82) is 0 Å². The predicted octanol–water partition coefficient (Wildman–Crippen LogP) is 3.55. The first-order chi connectivity index (χ1) is 11.9. The van der Waals surface area contributed by atoms with Crippen molar-refractivity contribution in [3.63, 3.8) is 0 Å². The van der Waals surface area contributed by atoms with Crippen LogP contribution in [0.2, 0.25) is 0 Å². The molecule has 0 aromatic heterocycles. The lowest BCUT2D eigenvalue weighted by Crippen LogP contribution is -2.48. The van der Waals surface area contributed by atoms with Gasteiger partial charge in [0.2, 0.25) is 0 Å². The summed E-state index contributed by atoms with van der Waals surface area (Å²) in [5.41, 5.74) is 0. The molecular formula is C17H21Br2NO4S. The summed E-state index contributed by atoms with van der Waals surface area (Å²) in [6.45, 7) is -0.0761. The van der Waals surface area contributed by atoms with Gasteiger partial charge in [-0.05, 0) is 53.4 Å². The van der Waals surface area contributed by atoms with E-state index in [9.17, 15) is 13.2 Å². The molecule has 1 saturated heterocycles. The van der Waals surface area contributed by atoms with Gasteiger partial charge in [-0.15, -0.1) is 0 Å². The van der Waals surface area contributed by atoms with Crippen molar-refractivity contribution >= 4 is 47.6 Å². The van der Waals surface area contributed by atoms with Crippen LogP contribution in [-0.2, 0) is 14.6 Å². The van der Waals surface area contributed by atoms with Gasteiger partial charge >= 0.3 is 0 Å². The maximum Gasteiger partial charge on any atom is 0.261 e. The molecule has 1 unspecified atom stereocenters. The number of hydrogen-bond donors (Lipinski definition) is 0. The van der Waals surface area contributed by atoms with Gasteiger partial charge in [0, 0.05) is 16.6 Å². The number of hydrogen-bond acceptors (Lipinski definition) is 4. The highest BCUT2D eigenvalue weighted by Gasteiger charge is 2.39. The van der Waals surface area contributed by atoms with E-state index >= 15 is 0 Å². The van der Waals surface area contributed by atoms with E-state index in [1.54, 1.807) is 6.07 Å². The second-order valence-electron chi connectivity index (χ2n) is 6.66. The van der Waals surface area contributed by atoms with E-state index in [0.717, 1.165) is 34.6 Å². The van der Waals surface area contributed by atoms with Crippen LogP contribution in [0.25, 0.3) is 0 Å². The Morgan fingerprint density at radius 1 is 1.16 bits per heavy atom. The van der Waals surface area contributed by atoms with Gasteiger partial charge in [0.15, 0.2) is 16.4 Å². The number of nitrogens with zero attached hydrogens (tertiary/aromatic N) is 1. The molecule has 1 saturated carbocycles. The van der Waals surface area contributed by atoms with Crippen LogP contribution in [0.1, 0.15) is 32.1 Å². The van der Waals surface area contributed by atoms with Crippen molar-refractivity contribution in [1.82, 2.24) is 4.90 Å². The Labute approximate surface area is 165 Å². The van der Waals surface area contributed by atoms with Crippen molar-refractivity contribution in [2.24, 2.45) is 0 Å². The summed E-state index contributed by atoms with van der Waals surface area (Å²) in [7, 11) is -3.03. The number of sulfone groups is 1. The molecule has 3 rings (SSSR count). The molecule has 0 radical (unpaired) electrons. The summed E-state index contributed by atoms with van der Waals surface area (Å²) >= 11 is 6.80. The molecule has 2 fully saturated rings. The second kappa shape index (κ2) is 7.96. The number of amides is 1. The highest BCUT2D eigenvalue weighted by atomic mass is 79.9. The third-order valence-corrected chi connectivity index (χ3v) is 7.72. The summed E-state index contributed by atoms with van der Waals surface area (Å²) in [4.78, 5) is 14.7. The lowest BCUT2D eigenvalue weighted by Gasteiger charge is -2.34. The maximum absolute atomic E-state index is 12.9. The van der Waals surface area contributed by atoms with Crippen LogP contribution < -0.4 is 4.74 Å². The number of carbonyl (C=O) groups excluding carboxylic acids is 1. The van der Waals surface area contributed by atoms with Gasteiger partial charge in [0.1, 0.15) is 5.75 Å². The highest BCUT2D eigenvalue weighted by Crippen LogP contribution is 2.31. The minimum Gasteiger partial charge on any atom is -0.483 e. The fourth-order valence-corrected chi connectivity index (χ4v) is 6.56. The third-order valence-electron chi connectivity index (χ3n) is 4.85. The number of benzene rings is 1. The second-order valence-corrected chi connectivity index (χ2v) is 10.7. The van der Waals surface area contributed by atoms with Crippen molar-refractivity contribution in [2.45, 2.75) is 44.2 Å². The Balaban J connectivity index is 1.70. The molecule has 138 valence electrons. The zero-order valence-electron chi connectivity index (χ0n) is 13.8. The van der Waals surface area contributed by atoms with E-state index < -0.39 is 9.84 Å². The van der Waals surface area contributed by atoms with Crippen LogP contribution >= 0.6 is 31.9 Å². The van der Waals surface area contributed by atoms with Gasteiger partial charge in [-0.3, -0.25) is 4.79 Å². The Hall–Kier alpha value is -0.600. The Morgan fingerprint density at radius 2 is 1.88 bits per heavy atom.